The fraction of sp³-hybridized carbons (Fsp3) is 0.600. The summed E-state index contributed by atoms with van der Waals surface area (Å²) >= 11 is 0. The summed E-state index contributed by atoms with van der Waals surface area (Å²) in [6.45, 7) is 4.88. The van der Waals surface area contributed by atoms with Crippen molar-refractivity contribution in [3.8, 4) is 0 Å². The van der Waals surface area contributed by atoms with Crippen LogP contribution >= 0.6 is 0 Å². The number of anilines is 1. The van der Waals surface area contributed by atoms with Crippen LogP contribution in [0.25, 0.3) is 0 Å². The molecule has 0 unspecified atom stereocenters. The third-order valence-electron chi connectivity index (χ3n) is 5.66. The van der Waals surface area contributed by atoms with Crippen LogP contribution in [-0.2, 0) is 4.79 Å². The number of hydrogen-bond donors (Lipinski definition) is 1. The molecule has 1 N–H and O–H groups in total. The van der Waals surface area contributed by atoms with Gasteiger partial charge in [0.15, 0.2) is 0 Å². The Labute approximate surface area is 150 Å². The molecule has 0 aromatic heterocycles. The zero-order valence-electron chi connectivity index (χ0n) is 15.5. The molecule has 0 radical (unpaired) electrons. The van der Waals surface area contributed by atoms with Crippen molar-refractivity contribution >= 4 is 17.5 Å². The number of nitrogens with one attached hydrogen (secondary N) is 1. The van der Waals surface area contributed by atoms with E-state index in [-0.39, 0.29) is 11.8 Å². The van der Waals surface area contributed by atoms with E-state index in [0.717, 1.165) is 24.7 Å². The van der Waals surface area contributed by atoms with Crippen LogP contribution in [0, 0.1) is 11.3 Å². The van der Waals surface area contributed by atoms with Crippen LogP contribution in [-0.4, -0.2) is 55.3 Å². The van der Waals surface area contributed by atoms with E-state index in [4.69, 9.17) is 0 Å². The second kappa shape index (κ2) is 7.16. The maximum absolute atomic E-state index is 12.3. The number of likely N-dealkylation sites (tertiary alicyclic amines) is 1. The van der Waals surface area contributed by atoms with E-state index >= 15 is 0 Å². The highest BCUT2D eigenvalue weighted by atomic mass is 16.2. The molecule has 2 aliphatic rings. The van der Waals surface area contributed by atoms with Crippen LogP contribution in [0.3, 0.4) is 0 Å². The Balaban J connectivity index is 1.51. The molecule has 1 aromatic carbocycles. The molecule has 1 aliphatic heterocycles. The van der Waals surface area contributed by atoms with Crippen LogP contribution in [0.1, 0.15) is 43.0 Å². The molecule has 1 aliphatic carbocycles. The summed E-state index contributed by atoms with van der Waals surface area (Å²) < 4.78 is 0. The first kappa shape index (κ1) is 17.9. The molecular formula is C20H29N3O2. The summed E-state index contributed by atoms with van der Waals surface area (Å²) in [5, 5.41) is 2.95. The Morgan fingerprint density at radius 1 is 1.24 bits per heavy atom. The highest BCUT2D eigenvalue weighted by Gasteiger charge is 2.42. The van der Waals surface area contributed by atoms with Gasteiger partial charge in [0.2, 0.25) is 5.91 Å². The summed E-state index contributed by atoms with van der Waals surface area (Å²) in [7, 11) is 3.46. The van der Waals surface area contributed by atoms with Crippen molar-refractivity contribution in [2.75, 3.05) is 39.0 Å². The number of carbonyl (C=O) groups is 2. The number of amides is 2. The van der Waals surface area contributed by atoms with Crippen molar-refractivity contribution in [2.24, 2.45) is 11.3 Å². The number of rotatable bonds is 4. The van der Waals surface area contributed by atoms with Crippen molar-refractivity contribution < 1.29 is 9.59 Å². The fourth-order valence-electron chi connectivity index (χ4n) is 4.39. The van der Waals surface area contributed by atoms with Gasteiger partial charge in [-0.3, -0.25) is 14.5 Å². The van der Waals surface area contributed by atoms with Crippen molar-refractivity contribution in [1.82, 2.24) is 9.80 Å². The van der Waals surface area contributed by atoms with Crippen LogP contribution in [0.5, 0.6) is 0 Å². The molecule has 5 nitrogen and oxygen atoms in total. The summed E-state index contributed by atoms with van der Waals surface area (Å²) in [5.74, 6) is 0.818. The minimum atomic E-state index is -0.0361. The summed E-state index contributed by atoms with van der Waals surface area (Å²) in [6, 6.07) is 7.09. The molecule has 1 spiro atoms. The van der Waals surface area contributed by atoms with Crippen molar-refractivity contribution in [2.45, 2.75) is 32.6 Å². The molecule has 3 rings (SSSR count). The van der Waals surface area contributed by atoms with Crippen molar-refractivity contribution in [3.05, 3.63) is 29.8 Å². The van der Waals surface area contributed by atoms with Crippen LogP contribution < -0.4 is 5.32 Å². The van der Waals surface area contributed by atoms with Gasteiger partial charge in [0.05, 0.1) is 6.54 Å². The Morgan fingerprint density at radius 2 is 1.96 bits per heavy atom. The summed E-state index contributed by atoms with van der Waals surface area (Å²) in [5.41, 5.74) is 1.83. The average Bonchev–Trinajstić information content (AvgIpc) is 3.13. The third kappa shape index (κ3) is 4.21. The van der Waals surface area contributed by atoms with Crippen LogP contribution in [0.4, 0.5) is 5.69 Å². The van der Waals surface area contributed by atoms with Gasteiger partial charge in [-0.15, -0.1) is 0 Å². The maximum atomic E-state index is 12.3. The lowest BCUT2D eigenvalue weighted by Crippen LogP contribution is -2.33. The molecule has 25 heavy (non-hydrogen) atoms. The SMILES string of the molecule is C[C@H]1CC[C@@]2(CCN(CC(=O)Nc3ccc(C(=O)N(C)C)cc3)C2)C1. The van der Waals surface area contributed by atoms with Crippen molar-refractivity contribution in [3.63, 3.8) is 0 Å². The molecule has 136 valence electrons. The van der Waals surface area contributed by atoms with E-state index < -0.39 is 0 Å². The van der Waals surface area contributed by atoms with Gasteiger partial charge in [0.25, 0.3) is 5.91 Å². The number of nitrogens with zero attached hydrogens (tertiary/aromatic N) is 2. The minimum absolute atomic E-state index is 0.0229. The first-order chi connectivity index (χ1) is 11.9. The molecule has 1 saturated carbocycles. The number of hydrogen-bond acceptors (Lipinski definition) is 3. The number of benzene rings is 1. The van der Waals surface area contributed by atoms with Gasteiger partial charge in [0.1, 0.15) is 0 Å². The van der Waals surface area contributed by atoms with E-state index in [1.54, 1.807) is 43.3 Å². The molecule has 2 amide bonds. The van der Waals surface area contributed by atoms with Crippen LogP contribution in [0.15, 0.2) is 24.3 Å². The Bertz CT molecular complexity index is 641. The lowest BCUT2D eigenvalue weighted by Gasteiger charge is -2.23. The highest BCUT2D eigenvalue weighted by molar-refractivity contribution is 5.96. The van der Waals surface area contributed by atoms with Crippen LogP contribution in [0.2, 0.25) is 0 Å². The second-order valence-electron chi connectivity index (χ2n) is 8.13. The van der Waals surface area contributed by atoms with E-state index in [2.05, 4.69) is 17.1 Å². The maximum Gasteiger partial charge on any atom is 0.253 e. The van der Waals surface area contributed by atoms with E-state index in [1.165, 1.54) is 25.7 Å². The first-order valence-electron chi connectivity index (χ1n) is 9.21. The Morgan fingerprint density at radius 3 is 2.56 bits per heavy atom. The van der Waals surface area contributed by atoms with E-state index in [9.17, 15) is 9.59 Å². The highest BCUT2D eigenvalue weighted by Crippen LogP contribution is 2.47. The lowest BCUT2D eigenvalue weighted by molar-refractivity contribution is -0.117. The first-order valence-corrected chi connectivity index (χ1v) is 9.21. The molecular weight excluding hydrogens is 314 g/mol. The number of carbonyl (C=O) groups excluding carboxylic acids is 2. The van der Waals surface area contributed by atoms with E-state index in [1.807, 2.05) is 0 Å². The van der Waals surface area contributed by atoms with Gasteiger partial charge in [-0.1, -0.05) is 13.3 Å². The predicted octanol–water partition coefficient (Wildman–Crippen LogP) is 2.84. The van der Waals surface area contributed by atoms with Crippen molar-refractivity contribution in [1.29, 1.82) is 0 Å². The largest absolute Gasteiger partial charge is 0.345 e. The predicted molar refractivity (Wildman–Crippen MR) is 99.6 cm³/mol. The Hall–Kier alpha value is -1.88. The zero-order chi connectivity index (χ0) is 18.0. The topological polar surface area (TPSA) is 52.7 Å². The summed E-state index contributed by atoms with van der Waals surface area (Å²) in [4.78, 5) is 28.1. The van der Waals surface area contributed by atoms with Gasteiger partial charge >= 0.3 is 0 Å². The van der Waals surface area contributed by atoms with Gasteiger partial charge < -0.3 is 10.2 Å². The average molecular weight is 343 g/mol. The molecule has 1 saturated heterocycles. The monoisotopic (exact) mass is 343 g/mol. The normalized spacial score (nSPS) is 26.1. The minimum Gasteiger partial charge on any atom is -0.345 e. The van der Waals surface area contributed by atoms with Gasteiger partial charge in [0, 0.05) is 31.9 Å². The molecule has 0 bridgehead atoms. The molecule has 1 aromatic rings. The second-order valence-corrected chi connectivity index (χ2v) is 8.13. The van der Waals surface area contributed by atoms with E-state index in [0.29, 0.717) is 17.5 Å². The van der Waals surface area contributed by atoms with Gasteiger partial charge in [-0.2, -0.15) is 0 Å². The quantitative estimate of drug-likeness (QED) is 0.915. The summed E-state index contributed by atoms with van der Waals surface area (Å²) in [6.07, 6.45) is 5.18. The lowest BCUT2D eigenvalue weighted by atomic mass is 9.85. The third-order valence-corrected chi connectivity index (χ3v) is 5.66. The molecule has 5 heteroatoms. The smallest absolute Gasteiger partial charge is 0.253 e. The zero-order valence-corrected chi connectivity index (χ0v) is 15.5. The molecule has 2 fully saturated rings. The standard InChI is InChI=1S/C20H29N3O2/c1-15-8-9-20(12-15)10-11-23(14-20)13-18(24)21-17-6-4-16(5-7-17)19(25)22(2)3/h4-7,15H,8-14H2,1-3H3,(H,21,24)/t15-,20+/m0/s1. The van der Waals surface area contributed by atoms with Gasteiger partial charge in [-0.05, 0) is 61.4 Å². The molecule has 2 atom stereocenters. The molecule has 1 heterocycles. The fourth-order valence-corrected chi connectivity index (χ4v) is 4.39. The Kier molecular flexibility index (Phi) is 5.13. The van der Waals surface area contributed by atoms with Gasteiger partial charge in [-0.25, -0.2) is 0 Å².